The highest BCUT2D eigenvalue weighted by Gasteiger charge is 1.99. The summed E-state index contributed by atoms with van der Waals surface area (Å²) in [6.45, 7) is 3.53. The molecule has 0 radical (unpaired) electrons. The number of para-hydroxylation sites is 2. The summed E-state index contributed by atoms with van der Waals surface area (Å²) in [4.78, 5) is 0. The minimum absolute atomic E-state index is 0.694. The molecule has 0 aliphatic carbocycles. The number of anilines is 1. The van der Waals surface area contributed by atoms with Crippen molar-refractivity contribution in [2.45, 2.75) is 6.92 Å². The second-order valence-electron chi connectivity index (χ2n) is 2.58. The Morgan fingerprint density at radius 1 is 1.38 bits per heavy atom. The van der Waals surface area contributed by atoms with E-state index in [1.807, 2.05) is 31.2 Å². The van der Waals surface area contributed by atoms with Crippen molar-refractivity contribution >= 4 is 18.3 Å². The predicted molar refractivity (Wildman–Crippen MR) is 60.0 cm³/mol. The Balaban J connectivity index is 2.66. The summed E-state index contributed by atoms with van der Waals surface area (Å²) >= 11 is 4.13. The summed E-state index contributed by atoms with van der Waals surface area (Å²) in [5.74, 6) is 1.73. The fourth-order valence-electron chi connectivity index (χ4n) is 1.08. The van der Waals surface area contributed by atoms with Crippen molar-refractivity contribution in [3.63, 3.8) is 0 Å². The Morgan fingerprint density at radius 3 is 2.85 bits per heavy atom. The molecule has 0 heterocycles. The molecule has 0 spiro atoms. The van der Waals surface area contributed by atoms with E-state index in [1.54, 1.807) is 0 Å². The van der Waals surface area contributed by atoms with Crippen molar-refractivity contribution in [3.8, 4) is 5.75 Å². The van der Waals surface area contributed by atoms with E-state index in [2.05, 4.69) is 17.9 Å². The first-order chi connectivity index (χ1) is 6.38. The van der Waals surface area contributed by atoms with E-state index in [-0.39, 0.29) is 0 Å². The maximum Gasteiger partial charge on any atom is 0.142 e. The molecule has 0 amide bonds. The molecular weight excluding hydrogens is 182 g/mol. The molecule has 1 rings (SSSR count). The molecule has 0 unspecified atom stereocenters. The first-order valence-corrected chi connectivity index (χ1v) is 5.08. The van der Waals surface area contributed by atoms with Crippen LogP contribution in [0.25, 0.3) is 0 Å². The Morgan fingerprint density at radius 2 is 2.15 bits per heavy atom. The van der Waals surface area contributed by atoms with Crippen LogP contribution in [0.2, 0.25) is 0 Å². The van der Waals surface area contributed by atoms with Gasteiger partial charge in [0.15, 0.2) is 0 Å². The van der Waals surface area contributed by atoms with Crippen LogP contribution < -0.4 is 10.1 Å². The molecule has 3 heteroatoms. The average Bonchev–Trinajstić information content (AvgIpc) is 2.17. The van der Waals surface area contributed by atoms with Gasteiger partial charge in [-0.3, -0.25) is 0 Å². The topological polar surface area (TPSA) is 21.3 Å². The zero-order valence-electron chi connectivity index (χ0n) is 7.79. The van der Waals surface area contributed by atoms with Crippen LogP contribution >= 0.6 is 12.6 Å². The lowest BCUT2D eigenvalue weighted by atomic mass is 10.3. The van der Waals surface area contributed by atoms with Gasteiger partial charge in [-0.15, -0.1) is 0 Å². The molecule has 0 fully saturated rings. The number of thiol groups is 1. The first kappa shape index (κ1) is 10.3. The Labute approximate surface area is 84.7 Å². The fourth-order valence-corrected chi connectivity index (χ4v) is 1.20. The van der Waals surface area contributed by atoms with E-state index >= 15 is 0 Å². The van der Waals surface area contributed by atoms with Crippen LogP contribution in [-0.2, 0) is 0 Å². The van der Waals surface area contributed by atoms with Gasteiger partial charge in [0.05, 0.1) is 12.3 Å². The van der Waals surface area contributed by atoms with Crippen LogP contribution in [0.4, 0.5) is 5.69 Å². The molecule has 1 aromatic rings. The molecule has 2 nitrogen and oxygen atoms in total. The second kappa shape index (κ2) is 5.75. The Hall–Kier alpha value is -0.830. The molecule has 0 atom stereocenters. The van der Waals surface area contributed by atoms with Crippen molar-refractivity contribution < 1.29 is 4.74 Å². The average molecular weight is 197 g/mol. The van der Waals surface area contributed by atoms with Crippen molar-refractivity contribution in [1.29, 1.82) is 0 Å². The zero-order chi connectivity index (χ0) is 9.52. The standard InChI is InChI=1S/C10H15NOS/c1-2-12-10-6-4-3-5-9(10)11-7-8-13/h3-6,11,13H,2,7-8H2,1H3. The summed E-state index contributed by atoms with van der Waals surface area (Å²) in [6.07, 6.45) is 0. The third-order valence-corrected chi connectivity index (χ3v) is 1.84. The Bertz CT molecular complexity index is 252. The van der Waals surface area contributed by atoms with Gasteiger partial charge in [-0.1, -0.05) is 12.1 Å². The monoisotopic (exact) mass is 197 g/mol. The molecule has 0 aliphatic rings. The number of ether oxygens (including phenoxy) is 1. The normalized spacial score (nSPS) is 9.69. The second-order valence-corrected chi connectivity index (χ2v) is 3.03. The van der Waals surface area contributed by atoms with E-state index in [1.165, 1.54) is 0 Å². The largest absolute Gasteiger partial charge is 0.492 e. The van der Waals surface area contributed by atoms with Gasteiger partial charge in [-0.2, -0.15) is 12.6 Å². The van der Waals surface area contributed by atoms with Crippen LogP contribution in [0.1, 0.15) is 6.92 Å². The number of hydrogen-bond donors (Lipinski definition) is 2. The SMILES string of the molecule is CCOc1ccccc1NCCS. The lowest BCUT2D eigenvalue weighted by molar-refractivity contribution is 0.342. The molecule has 0 saturated carbocycles. The molecule has 72 valence electrons. The van der Waals surface area contributed by atoms with Crippen LogP contribution in [0.15, 0.2) is 24.3 Å². The summed E-state index contributed by atoms with van der Waals surface area (Å²) in [5, 5.41) is 3.25. The van der Waals surface area contributed by atoms with Gasteiger partial charge in [0.25, 0.3) is 0 Å². The molecule has 1 N–H and O–H groups in total. The number of nitrogens with one attached hydrogen (secondary N) is 1. The number of rotatable bonds is 5. The minimum atomic E-state index is 0.694. The lowest BCUT2D eigenvalue weighted by Crippen LogP contribution is -2.04. The molecular formula is C10H15NOS. The highest BCUT2D eigenvalue weighted by molar-refractivity contribution is 7.80. The molecule has 13 heavy (non-hydrogen) atoms. The van der Waals surface area contributed by atoms with Crippen molar-refractivity contribution in [3.05, 3.63) is 24.3 Å². The molecule has 0 saturated heterocycles. The quantitative estimate of drug-likeness (QED) is 0.707. The van der Waals surface area contributed by atoms with E-state index in [0.717, 1.165) is 23.7 Å². The van der Waals surface area contributed by atoms with Gasteiger partial charge >= 0.3 is 0 Å². The third kappa shape index (κ3) is 3.19. The fraction of sp³-hybridized carbons (Fsp3) is 0.400. The maximum atomic E-state index is 5.45. The van der Waals surface area contributed by atoms with Crippen molar-refractivity contribution in [2.75, 3.05) is 24.2 Å². The van der Waals surface area contributed by atoms with Crippen LogP contribution in [-0.4, -0.2) is 18.9 Å². The van der Waals surface area contributed by atoms with E-state index in [9.17, 15) is 0 Å². The highest BCUT2D eigenvalue weighted by atomic mass is 32.1. The van der Waals surface area contributed by atoms with E-state index in [4.69, 9.17) is 4.74 Å². The maximum absolute atomic E-state index is 5.45. The van der Waals surface area contributed by atoms with Crippen LogP contribution in [0, 0.1) is 0 Å². The number of benzene rings is 1. The van der Waals surface area contributed by atoms with E-state index < -0.39 is 0 Å². The zero-order valence-corrected chi connectivity index (χ0v) is 8.68. The molecule has 1 aromatic carbocycles. The molecule has 0 aliphatic heterocycles. The van der Waals surface area contributed by atoms with Crippen molar-refractivity contribution in [2.24, 2.45) is 0 Å². The first-order valence-electron chi connectivity index (χ1n) is 4.45. The van der Waals surface area contributed by atoms with Gasteiger partial charge in [0, 0.05) is 12.3 Å². The third-order valence-electron chi connectivity index (χ3n) is 1.61. The summed E-state index contributed by atoms with van der Waals surface area (Å²) in [5.41, 5.74) is 1.04. The molecule has 0 aromatic heterocycles. The van der Waals surface area contributed by atoms with E-state index in [0.29, 0.717) is 6.61 Å². The summed E-state index contributed by atoms with van der Waals surface area (Å²) < 4.78 is 5.45. The lowest BCUT2D eigenvalue weighted by Gasteiger charge is -2.10. The molecule has 0 bridgehead atoms. The predicted octanol–water partition coefficient (Wildman–Crippen LogP) is 2.43. The van der Waals surface area contributed by atoms with Gasteiger partial charge in [0.2, 0.25) is 0 Å². The van der Waals surface area contributed by atoms with Gasteiger partial charge < -0.3 is 10.1 Å². The number of hydrogen-bond acceptors (Lipinski definition) is 3. The summed E-state index contributed by atoms with van der Waals surface area (Å²) in [6, 6.07) is 7.93. The van der Waals surface area contributed by atoms with Gasteiger partial charge in [-0.25, -0.2) is 0 Å². The highest BCUT2D eigenvalue weighted by Crippen LogP contribution is 2.23. The van der Waals surface area contributed by atoms with Crippen LogP contribution in [0.5, 0.6) is 5.75 Å². The van der Waals surface area contributed by atoms with Gasteiger partial charge in [0.1, 0.15) is 5.75 Å². The smallest absolute Gasteiger partial charge is 0.142 e. The van der Waals surface area contributed by atoms with Crippen LogP contribution in [0.3, 0.4) is 0 Å². The minimum Gasteiger partial charge on any atom is -0.492 e. The van der Waals surface area contributed by atoms with Gasteiger partial charge in [-0.05, 0) is 19.1 Å². The summed E-state index contributed by atoms with van der Waals surface area (Å²) in [7, 11) is 0. The van der Waals surface area contributed by atoms with Crippen molar-refractivity contribution in [1.82, 2.24) is 0 Å². The Kier molecular flexibility index (Phi) is 4.54.